The van der Waals surface area contributed by atoms with Crippen LogP contribution in [0.3, 0.4) is 0 Å². The van der Waals surface area contributed by atoms with E-state index in [0.717, 1.165) is 21.6 Å². The lowest BCUT2D eigenvalue weighted by Gasteiger charge is -2.25. The zero-order valence-electron chi connectivity index (χ0n) is 17.4. The Morgan fingerprint density at radius 1 is 0.967 bits per heavy atom. The molecule has 1 atom stereocenters. The van der Waals surface area contributed by atoms with Gasteiger partial charge in [-0.15, -0.1) is 0 Å². The molecule has 3 amide bonds. The first kappa shape index (κ1) is 23.0. The van der Waals surface area contributed by atoms with Crippen LogP contribution in [0.15, 0.2) is 48.5 Å². The Morgan fingerprint density at radius 3 is 1.97 bits per heavy atom. The third kappa shape index (κ3) is 5.41. The van der Waals surface area contributed by atoms with Crippen molar-refractivity contribution in [3.8, 4) is 11.1 Å². The van der Waals surface area contributed by atoms with Gasteiger partial charge in [0, 0.05) is 33.3 Å². The largest absolute Gasteiger partial charge is 0.357 e. The van der Waals surface area contributed by atoms with Crippen LogP contribution in [0.25, 0.3) is 11.1 Å². The highest BCUT2D eigenvalue weighted by Gasteiger charge is 2.33. The molecule has 9 heteroatoms. The lowest BCUT2D eigenvalue weighted by molar-refractivity contribution is -0.140. The van der Waals surface area contributed by atoms with Crippen LogP contribution in [-0.2, 0) is 21.0 Å². The fourth-order valence-corrected chi connectivity index (χ4v) is 2.92. The number of hydrogen-bond donors (Lipinski definition) is 3. The van der Waals surface area contributed by atoms with Crippen LogP contribution in [0.4, 0.5) is 0 Å². The second-order valence-electron chi connectivity index (χ2n) is 6.65. The third-order valence-electron chi connectivity index (χ3n) is 4.70. The highest BCUT2D eigenvalue weighted by atomic mass is 16.7. The normalized spacial score (nSPS) is 11.7. The second-order valence-corrected chi connectivity index (χ2v) is 6.65. The molecule has 3 N–H and O–H groups in total. The van der Waals surface area contributed by atoms with E-state index < -0.39 is 23.8 Å². The van der Waals surface area contributed by atoms with Crippen molar-refractivity contribution in [1.29, 1.82) is 0 Å². The second kappa shape index (κ2) is 10.5. The first-order valence-corrected chi connectivity index (χ1v) is 9.19. The average Bonchev–Trinajstić information content (AvgIpc) is 2.78. The number of likely N-dealkylation sites (N-methyl/N-ethyl adjacent to an activating group) is 2. The molecular weight excluding hydrogens is 388 g/mol. The highest BCUT2D eigenvalue weighted by molar-refractivity contribution is 6.08. The Bertz CT molecular complexity index is 867. The van der Waals surface area contributed by atoms with Gasteiger partial charge in [-0.25, -0.2) is 5.48 Å². The summed E-state index contributed by atoms with van der Waals surface area (Å²) in [7, 11) is 6.12. The van der Waals surface area contributed by atoms with Crippen molar-refractivity contribution in [2.24, 2.45) is 0 Å². The van der Waals surface area contributed by atoms with Crippen LogP contribution in [-0.4, -0.2) is 67.2 Å². The molecule has 2 rings (SSSR count). The van der Waals surface area contributed by atoms with Crippen LogP contribution < -0.4 is 10.8 Å². The van der Waals surface area contributed by atoms with Gasteiger partial charge in [-0.05, 0) is 28.8 Å². The highest BCUT2D eigenvalue weighted by Crippen LogP contribution is 2.21. The third-order valence-corrected chi connectivity index (χ3v) is 4.70. The Balaban J connectivity index is 2.17. The van der Waals surface area contributed by atoms with E-state index in [1.807, 2.05) is 31.3 Å². The SMILES string of the molecule is CNC(=O)C(C(=O)NO)N(C)C(=O)c1ccc(-c2ccc(CN(C)OC)cc2)cc1. The maximum Gasteiger partial charge on any atom is 0.275 e. The van der Waals surface area contributed by atoms with Crippen molar-refractivity contribution in [3.63, 3.8) is 0 Å². The summed E-state index contributed by atoms with van der Waals surface area (Å²) in [5.74, 6) is -2.24. The van der Waals surface area contributed by atoms with Crippen LogP contribution in [0, 0.1) is 0 Å². The van der Waals surface area contributed by atoms with Crippen molar-refractivity contribution in [2.45, 2.75) is 12.6 Å². The molecule has 0 heterocycles. The number of rotatable bonds is 8. The fraction of sp³-hybridized carbons (Fsp3) is 0.286. The zero-order valence-corrected chi connectivity index (χ0v) is 17.4. The molecule has 0 aromatic heterocycles. The van der Waals surface area contributed by atoms with E-state index in [2.05, 4.69) is 5.32 Å². The summed E-state index contributed by atoms with van der Waals surface area (Å²) in [5.41, 5.74) is 4.71. The van der Waals surface area contributed by atoms with Gasteiger partial charge in [0.05, 0.1) is 7.11 Å². The maximum absolute atomic E-state index is 12.7. The van der Waals surface area contributed by atoms with Gasteiger partial charge in [-0.2, -0.15) is 5.06 Å². The van der Waals surface area contributed by atoms with Gasteiger partial charge in [0.25, 0.3) is 17.7 Å². The van der Waals surface area contributed by atoms with E-state index >= 15 is 0 Å². The van der Waals surface area contributed by atoms with E-state index in [-0.39, 0.29) is 0 Å². The minimum absolute atomic E-state index is 0.305. The van der Waals surface area contributed by atoms with E-state index in [1.165, 1.54) is 19.6 Å². The van der Waals surface area contributed by atoms with Crippen LogP contribution in [0.1, 0.15) is 15.9 Å². The number of hydroxylamine groups is 3. The van der Waals surface area contributed by atoms with Gasteiger partial charge < -0.3 is 15.1 Å². The quantitative estimate of drug-likeness (QED) is 0.338. The van der Waals surface area contributed by atoms with Crippen LogP contribution in [0.5, 0.6) is 0 Å². The number of nitrogens with zero attached hydrogens (tertiary/aromatic N) is 2. The Morgan fingerprint density at radius 2 is 1.50 bits per heavy atom. The number of nitrogens with one attached hydrogen (secondary N) is 2. The summed E-state index contributed by atoms with van der Waals surface area (Å²) in [4.78, 5) is 42.6. The summed E-state index contributed by atoms with van der Waals surface area (Å²) < 4.78 is 0. The Labute approximate surface area is 175 Å². The van der Waals surface area contributed by atoms with Crippen molar-refractivity contribution >= 4 is 17.7 Å². The molecule has 0 aliphatic rings. The summed E-state index contributed by atoms with van der Waals surface area (Å²) in [5, 5.41) is 12.9. The number of benzene rings is 2. The minimum Gasteiger partial charge on any atom is -0.357 e. The van der Waals surface area contributed by atoms with Gasteiger partial charge >= 0.3 is 0 Å². The van der Waals surface area contributed by atoms with Crippen molar-refractivity contribution in [3.05, 3.63) is 59.7 Å². The first-order valence-electron chi connectivity index (χ1n) is 9.19. The predicted octanol–water partition coefficient (Wildman–Crippen LogP) is 1.04. The Hall–Kier alpha value is -3.27. The smallest absolute Gasteiger partial charge is 0.275 e. The van der Waals surface area contributed by atoms with E-state index in [4.69, 9.17) is 10.0 Å². The molecule has 9 nitrogen and oxygen atoms in total. The van der Waals surface area contributed by atoms with Gasteiger partial charge in [-0.1, -0.05) is 36.4 Å². The van der Waals surface area contributed by atoms with Gasteiger partial charge in [0.1, 0.15) is 0 Å². The number of amides is 3. The minimum atomic E-state index is -1.50. The lowest BCUT2D eigenvalue weighted by Crippen LogP contribution is -2.54. The predicted molar refractivity (Wildman–Crippen MR) is 110 cm³/mol. The van der Waals surface area contributed by atoms with Gasteiger partial charge in [0.2, 0.25) is 0 Å². The molecular formula is C21H26N4O5. The van der Waals surface area contributed by atoms with Crippen LogP contribution in [0.2, 0.25) is 0 Å². The van der Waals surface area contributed by atoms with Crippen molar-refractivity contribution in [1.82, 2.24) is 20.8 Å². The molecule has 30 heavy (non-hydrogen) atoms. The zero-order chi connectivity index (χ0) is 22.3. The molecule has 0 spiro atoms. The van der Waals surface area contributed by atoms with Crippen LogP contribution >= 0.6 is 0 Å². The molecule has 0 aliphatic heterocycles. The molecule has 0 bridgehead atoms. The number of carbonyl (C=O) groups is 3. The average molecular weight is 414 g/mol. The molecule has 0 saturated carbocycles. The molecule has 2 aromatic rings. The monoisotopic (exact) mass is 414 g/mol. The molecule has 0 aliphatic carbocycles. The van der Waals surface area contributed by atoms with Gasteiger partial charge in [0.15, 0.2) is 6.04 Å². The lowest BCUT2D eigenvalue weighted by atomic mass is 10.0. The van der Waals surface area contributed by atoms with E-state index in [9.17, 15) is 14.4 Å². The summed E-state index contributed by atoms with van der Waals surface area (Å²) >= 11 is 0. The molecule has 2 aromatic carbocycles. The topological polar surface area (TPSA) is 111 Å². The van der Waals surface area contributed by atoms with Crippen molar-refractivity contribution in [2.75, 3.05) is 28.3 Å². The molecule has 0 radical (unpaired) electrons. The summed E-state index contributed by atoms with van der Waals surface area (Å²) in [6.45, 7) is 0.657. The first-order chi connectivity index (χ1) is 14.3. The number of carbonyl (C=O) groups excluding carboxylic acids is 3. The maximum atomic E-state index is 12.7. The Kier molecular flexibility index (Phi) is 8.05. The standard InChI is InChI=1S/C21H26N4O5/c1-22-19(26)18(20(27)23-29)25(3)21(28)17-11-9-16(10-12-17)15-7-5-14(6-8-15)13-24(2)30-4/h5-12,18,29H,13H2,1-4H3,(H,22,26)(H,23,27). The van der Waals surface area contributed by atoms with Crippen molar-refractivity contribution < 1.29 is 24.4 Å². The molecule has 1 unspecified atom stereocenters. The molecule has 160 valence electrons. The van der Waals surface area contributed by atoms with E-state index in [1.54, 1.807) is 36.4 Å². The number of hydrogen-bond acceptors (Lipinski definition) is 6. The fourth-order valence-electron chi connectivity index (χ4n) is 2.92. The van der Waals surface area contributed by atoms with E-state index in [0.29, 0.717) is 12.1 Å². The summed E-state index contributed by atoms with van der Waals surface area (Å²) in [6, 6.07) is 13.3. The molecule has 0 saturated heterocycles. The summed E-state index contributed by atoms with van der Waals surface area (Å²) in [6.07, 6.45) is 0. The van der Waals surface area contributed by atoms with Gasteiger partial charge in [-0.3, -0.25) is 19.6 Å². The molecule has 0 fully saturated rings.